The van der Waals surface area contributed by atoms with Gasteiger partial charge < -0.3 is 23.8 Å². The van der Waals surface area contributed by atoms with Crippen LogP contribution >= 0.6 is 0 Å². The molecule has 2 amide bonds. The number of oxazole rings is 1. The Kier molecular flexibility index (Phi) is 14.2. The third-order valence-electron chi connectivity index (χ3n) is 9.45. The monoisotopic (exact) mass is 685 g/mol. The van der Waals surface area contributed by atoms with Crippen LogP contribution in [0.5, 0.6) is 0 Å². The number of cyclic esters (lactones) is 1. The lowest BCUT2D eigenvalue weighted by Crippen LogP contribution is -2.44. The van der Waals surface area contributed by atoms with Crippen LogP contribution in [0.25, 0.3) is 0 Å². The summed E-state index contributed by atoms with van der Waals surface area (Å²) in [5.41, 5.74) is 0.971. The Morgan fingerprint density at radius 3 is 2.60 bits per heavy atom. The first-order chi connectivity index (χ1) is 22.5. The van der Waals surface area contributed by atoms with Crippen LogP contribution in [0.3, 0.4) is 0 Å². The Labute approximate surface area is 287 Å². The van der Waals surface area contributed by atoms with Gasteiger partial charge in [0.25, 0.3) is 5.91 Å². The molecule has 0 aromatic carbocycles. The highest BCUT2D eigenvalue weighted by Crippen LogP contribution is 2.38. The Morgan fingerprint density at radius 1 is 1.21 bits per heavy atom. The van der Waals surface area contributed by atoms with E-state index in [1.807, 2.05) is 39.0 Å². The van der Waals surface area contributed by atoms with Gasteiger partial charge in [0.05, 0.1) is 18.9 Å². The molecule has 1 N–H and O–H groups in total. The molecule has 48 heavy (non-hydrogen) atoms. The van der Waals surface area contributed by atoms with Gasteiger partial charge in [-0.25, -0.2) is 9.37 Å². The summed E-state index contributed by atoms with van der Waals surface area (Å²) < 4.78 is 33.8. The highest BCUT2D eigenvalue weighted by molar-refractivity contribution is 6.74. The summed E-state index contributed by atoms with van der Waals surface area (Å²) in [6.45, 7) is 21.2. The summed E-state index contributed by atoms with van der Waals surface area (Å²) in [7, 11) is -2.25. The molecule has 2 aliphatic rings. The lowest BCUT2D eigenvalue weighted by atomic mass is 9.89. The molecule has 3 heterocycles. The zero-order valence-electron chi connectivity index (χ0n) is 30.1. The number of esters is 1. The lowest BCUT2D eigenvalue weighted by Gasteiger charge is -2.39. The number of fused-ring (bicyclic) bond motifs is 3. The van der Waals surface area contributed by atoms with Crippen LogP contribution in [-0.2, 0) is 25.2 Å². The van der Waals surface area contributed by atoms with Crippen molar-refractivity contribution in [1.29, 1.82) is 0 Å². The Hall–Kier alpha value is -3.31. The molecule has 1 aromatic rings. The lowest BCUT2D eigenvalue weighted by molar-refractivity contribution is -0.154. The van der Waals surface area contributed by atoms with Crippen molar-refractivity contribution in [2.24, 2.45) is 11.8 Å². The van der Waals surface area contributed by atoms with E-state index in [2.05, 4.69) is 50.7 Å². The quantitative estimate of drug-likeness (QED) is 0.197. The maximum Gasteiger partial charge on any atom is 0.308 e. The maximum atomic E-state index is 15.6. The predicted octanol–water partition coefficient (Wildman–Crippen LogP) is 7.28. The minimum absolute atomic E-state index is 0.0264. The molecule has 2 bridgehead atoms. The average molecular weight is 686 g/mol. The normalized spacial score (nSPS) is 28.5. The van der Waals surface area contributed by atoms with Gasteiger partial charge in [-0.15, -0.1) is 6.58 Å². The second kappa shape index (κ2) is 17.4. The molecule has 0 spiro atoms. The van der Waals surface area contributed by atoms with E-state index < -0.39 is 32.7 Å². The van der Waals surface area contributed by atoms with Gasteiger partial charge in [0, 0.05) is 31.5 Å². The van der Waals surface area contributed by atoms with E-state index in [0.717, 1.165) is 12.0 Å². The van der Waals surface area contributed by atoms with E-state index in [4.69, 9.17) is 13.6 Å². The molecule has 266 valence electrons. The topological polar surface area (TPSA) is 111 Å². The van der Waals surface area contributed by atoms with Gasteiger partial charge >= 0.3 is 5.97 Å². The van der Waals surface area contributed by atoms with Crippen LogP contribution in [-0.4, -0.2) is 73.5 Å². The second-order valence-corrected chi connectivity index (χ2v) is 19.6. The average Bonchev–Trinajstić information content (AvgIpc) is 3.64. The second-order valence-electron chi connectivity index (χ2n) is 14.9. The Morgan fingerprint density at radius 2 is 1.94 bits per heavy atom. The maximum absolute atomic E-state index is 15.6. The minimum Gasteiger partial charge on any atom is -0.461 e. The van der Waals surface area contributed by atoms with Gasteiger partial charge in [0.2, 0.25) is 5.91 Å². The van der Waals surface area contributed by atoms with Crippen LogP contribution < -0.4 is 5.32 Å². The predicted molar refractivity (Wildman–Crippen MR) is 189 cm³/mol. The molecule has 0 radical (unpaired) electrons. The van der Waals surface area contributed by atoms with Crippen molar-refractivity contribution < 1.29 is 32.4 Å². The smallest absolute Gasteiger partial charge is 0.308 e. The van der Waals surface area contributed by atoms with Crippen LogP contribution in [0.1, 0.15) is 90.0 Å². The van der Waals surface area contributed by atoms with Crippen LogP contribution in [0.2, 0.25) is 18.1 Å². The number of alkyl halides is 1. The highest BCUT2D eigenvalue weighted by atomic mass is 28.4. The number of aromatic nitrogens is 1. The zero-order valence-corrected chi connectivity index (χ0v) is 31.1. The summed E-state index contributed by atoms with van der Waals surface area (Å²) in [6, 6.07) is -0.354. The molecular weight excluding hydrogens is 630 g/mol. The number of hydrogen-bond acceptors (Lipinski definition) is 7. The van der Waals surface area contributed by atoms with E-state index in [1.165, 1.54) is 12.3 Å². The number of nitrogens with one attached hydrogen (secondary N) is 1. The van der Waals surface area contributed by atoms with Crippen molar-refractivity contribution in [2.75, 3.05) is 13.1 Å². The number of amides is 2. The fourth-order valence-electron chi connectivity index (χ4n) is 5.84. The van der Waals surface area contributed by atoms with Gasteiger partial charge in [0.15, 0.2) is 19.9 Å². The third kappa shape index (κ3) is 11.4. The Bertz CT molecular complexity index is 1360. The summed E-state index contributed by atoms with van der Waals surface area (Å²) in [6.07, 6.45) is 11.5. The first-order valence-corrected chi connectivity index (χ1v) is 20.1. The Balaban J connectivity index is 1.93. The van der Waals surface area contributed by atoms with Crippen LogP contribution in [0, 0.1) is 11.8 Å². The van der Waals surface area contributed by atoms with E-state index >= 15 is 4.39 Å². The van der Waals surface area contributed by atoms with Gasteiger partial charge in [-0.3, -0.25) is 14.4 Å². The van der Waals surface area contributed by atoms with Gasteiger partial charge in [-0.1, -0.05) is 70.6 Å². The van der Waals surface area contributed by atoms with Crippen molar-refractivity contribution in [3.63, 3.8) is 0 Å². The molecule has 1 aromatic heterocycles. The first kappa shape index (κ1) is 39.1. The summed E-state index contributed by atoms with van der Waals surface area (Å²) in [4.78, 5) is 45.4. The van der Waals surface area contributed by atoms with E-state index in [0.29, 0.717) is 25.9 Å². The number of nitrogens with zero attached hydrogens (tertiary/aromatic N) is 2. The first-order valence-electron chi connectivity index (χ1n) is 17.2. The molecule has 1 fully saturated rings. The van der Waals surface area contributed by atoms with E-state index in [1.54, 1.807) is 17.1 Å². The summed E-state index contributed by atoms with van der Waals surface area (Å²) in [5, 5.41) is 2.79. The van der Waals surface area contributed by atoms with Crippen LogP contribution in [0.4, 0.5) is 4.39 Å². The van der Waals surface area contributed by atoms with Crippen molar-refractivity contribution in [3.8, 4) is 0 Å². The minimum atomic E-state index is -2.25. The highest BCUT2D eigenvalue weighted by Gasteiger charge is 2.39. The van der Waals surface area contributed by atoms with Gasteiger partial charge in [-0.2, -0.15) is 0 Å². The number of rotatable bonds is 5. The number of hydrogen-bond donors (Lipinski definition) is 1. The molecule has 0 saturated carbocycles. The number of ether oxygens (including phenoxy) is 1. The number of halogens is 1. The molecule has 9 nitrogen and oxygen atoms in total. The molecule has 1 unspecified atom stereocenters. The number of carbonyl (C=O) groups excluding carboxylic acids is 3. The van der Waals surface area contributed by atoms with E-state index in [9.17, 15) is 14.4 Å². The molecule has 11 heteroatoms. The van der Waals surface area contributed by atoms with Gasteiger partial charge in [-0.05, 0) is 56.3 Å². The fraction of sp³-hybridized carbons (Fsp3) is 0.622. The van der Waals surface area contributed by atoms with Crippen molar-refractivity contribution in [2.45, 2.75) is 123 Å². The number of allylic oxidation sites excluding steroid dienone is 3. The molecule has 2 aliphatic heterocycles. The molecule has 0 aliphatic carbocycles. The van der Waals surface area contributed by atoms with Gasteiger partial charge in [0.1, 0.15) is 18.5 Å². The fourth-order valence-corrected chi connectivity index (χ4v) is 7.12. The number of carbonyl (C=O) groups is 3. The van der Waals surface area contributed by atoms with Crippen molar-refractivity contribution in [3.05, 3.63) is 66.5 Å². The molecule has 5 atom stereocenters. The van der Waals surface area contributed by atoms with Crippen molar-refractivity contribution in [1.82, 2.24) is 15.2 Å². The zero-order chi connectivity index (χ0) is 35.6. The molecule has 3 rings (SSSR count). The van der Waals surface area contributed by atoms with Crippen LogP contribution in [0.15, 0.2) is 59.3 Å². The molecular formula is C37H56FN3O6Si. The van der Waals surface area contributed by atoms with Crippen molar-refractivity contribution >= 4 is 26.1 Å². The van der Waals surface area contributed by atoms with E-state index in [-0.39, 0.29) is 65.6 Å². The SMILES string of the molecule is C=CC[C@@H]1/C=C/C(=O)NC/C=C/C(C)=C/C(O[Si](C)(C)C(C)(C)C)C[C@@H](F)Cc2nc(co2)C(=O)N2CCC[C@H]2CC(=O)O[C@@H]1C(C)C. The largest absolute Gasteiger partial charge is 0.461 e. The third-order valence-corrected chi connectivity index (χ3v) is 14.0. The summed E-state index contributed by atoms with van der Waals surface area (Å²) in [5.74, 6) is -1.18. The molecule has 1 saturated heterocycles. The summed E-state index contributed by atoms with van der Waals surface area (Å²) >= 11 is 0. The standard InChI is InChI=1S/C37H56FN3O6Si/c1-10-13-27-16-17-32(42)39-18-11-14-26(4)20-30(47-48(8,9)37(5,6)7)21-28(38)22-33-40-31(24-45-33)36(44)41-19-12-15-29(41)23-34(43)46-35(27)25(2)3/h10-11,14,16-17,20,24-25,27-30,35H,1,12-13,15,18-19,21-23H2,2-9H3,(H,39,42)/b14-11+,17-16+,26-20+/t27-,28-,29+,30?,35-/m1/s1.